The van der Waals surface area contributed by atoms with Crippen molar-refractivity contribution in [3.8, 4) is 0 Å². The van der Waals surface area contributed by atoms with Crippen molar-refractivity contribution in [2.75, 3.05) is 37.6 Å². The van der Waals surface area contributed by atoms with Crippen LogP contribution in [0, 0.1) is 5.82 Å². The van der Waals surface area contributed by atoms with Crippen molar-refractivity contribution in [3.05, 3.63) is 65.0 Å². The van der Waals surface area contributed by atoms with Gasteiger partial charge < -0.3 is 15.1 Å². The smallest absolute Gasteiger partial charge is 0.390 e. The Kier molecular flexibility index (Phi) is 7.74. The van der Waals surface area contributed by atoms with E-state index in [0.29, 0.717) is 29.9 Å². The van der Waals surface area contributed by atoms with E-state index in [9.17, 15) is 30.8 Å². The van der Waals surface area contributed by atoms with Crippen LogP contribution in [0.2, 0.25) is 0 Å². The number of nitrogens with zero attached hydrogens (tertiary/aromatic N) is 3. The molecule has 1 unspecified atom stereocenters. The van der Waals surface area contributed by atoms with Crippen LogP contribution in [-0.2, 0) is 31.6 Å². The van der Waals surface area contributed by atoms with Gasteiger partial charge >= 0.3 is 6.18 Å². The number of hydrogen-bond acceptors (Lipinski definition) is 6. The second-order valence-corrected chi connectivity index (χ2v) is 10.9. The van der Waals surface area contributed by atoms with Gasteiger partial charge in [-0.25, -0.2) is 12.8 Å². The summed E-state index contributed by atoms with van der Waals surface area (Å²) in [6.45, 7) is 2.45. The van der Waals surface area contributed by atoms with Gasteiger partial charge in [0.1, 0.15) is 11.9 Å². The molecular formula is C24H26F4N4O4S. The van der Waals surface area contributed by atoms with Crippen molar-refractivity contribution in [2.24, 2.45) is 5.16 Å². The molecule has 4 rings (SSSR count). The number of halogens is 4. The van der Waals surface area contributed by atoms with E-state index in [2.05, 4.69) is 10.5 Å². The van der Waals surface area contributed by atoms with Crippen molar-refractivity contribution in [1.82, 2.24) is 9.62 Å². The minimum Gasteiger partial charge on any atom is -0.390 e. The molecule has 2 aromatic carbocycles. The fourth-order valence-corrected chi connectivity index (χ4v) is 5.72. The second-order valence-electron chi connectivity index (χ2n) is 8.91. The molecule has 200 valence electrons. The van der Waals surface area contributed by atoms with E-state index in [0.717, 1.165) is 24.3 Å². The Bertz CT molecular complexity index is 1270. The molecule has 37 heavy (non-hydrogen) atoms. The molecule has 1 saturated heterocycles. The maximum absolute atomic E-state index is 15.0. The number of oxime groups is 1. The minimum atomic E-state index is -4.49. The predicted molar refractivity (Wildman–Crippen MR) is 129 cm³/mol. The van der Waals surface area contributed by atoms with Gasteiger partial charge in [0, 0.05) is 45.1 Å². The highest BCUT2D eigenvalue weighted by atomic mass is 32.2. The zero-order valence-electron chi connectivity index (χ0n) is 20.0. The normalized spacial score (nSPS) is 18.9. The lowest BCUT2D eigenvalue weighted by Crippen LogP contribution is -2.49. The fraction of sp³-hybridized carbons (Fsp3) is 0.417. The van der Waals surface area contributed by atoms with Crippen molar-refractivity contribution >= 4 is 27.3 Å². The van der Waals surface area contributed by atoms with E-state index in [-0.39, 0.29) is 43.8 Å². The topological polar surface area (TPSA) is 91.3 Å². The van der Waals surface area contributed by atoms with Crippen LogP contribution in [0.1, 0.15) is 30.0 Å². The summed E-state index contributed by atoms with van der Waals surface area (Å²) in [5.74, 6) is -1.08. The Morgan fingerprint density at radius 3 is 2.38 bits per heavy atom. The third-order valence-corrected chi connectivity index (χ3v) is 8.05. The molecule has 1 amide bonds. The number of hydrogen-bond donors (Lipinski definition) is 1. The van der Waals surface area contributed by atoms with Crippen LogP contribution >= 0.6 is 0 Å². The van der Waals surface area contributed by atoms with Gasteiger partial charge in [-0.2, -0.15) is 17.5 Å². The molecule has 2 aromatic rings. The van der Waals surface area contributed by atoms with E-state index in [1.807, 2.05) is 0 Å². The van der Waals surface area contributed by atoms with E-state index < -0.39 is 33.3 Å². The molecule has 1 atom stereocenters. The molecule has 2 aliphatic heterocycles. The van der Waals surface area contributed by atoms with Gasteiger partial charge in [-0.05, 0) is 29.8 Å². The molecule has 1 fully saturated rings. The van der Waals surface area contributed by atoms with Gasteiger partial charge in [0.15, 0.2) is 0 Å². The van der Waals surface area contributed by atoms with Crippen LogP contribution < -0.4 is 10.2 Å². The van der Waals surface area contributed by atoms with Crippen LogP contribution in [0.4, 0.5) is 23.2 Å². The molecule has 0 radical (unpaired) electrons. The average Bonchev–Trinajstić information content (AvgIpc) is 3.31. The molecule has 0 bridgehead atoms. The lowest BCUT2D eigenvalue weighted by molar-refractivity contribution is -0.137. The van der Waals surface area contributed by atoms with Crippen LogP contribution in [0.15, 0.2) is 47.6 Å². The molecule has 0 aliphatic carbocycles. The molecule has 13 heteroatoms. The van der Waals surface area contributed by atoms with Crippen LogP contribution in [0.5, 0.6) is 0 Å². The SMILES string of the molecule is CC(=O)NCC1CC(c2ccc(N3CCN(S(=O)(=O)Cc4ccc(C(F)(F)F)cc4)CC3)c(F)c2)=NO1. The number of nitrogens with one attached hydrogen (secondary N) is 1. The van der Waals surface area contributed by atoms with Crippen LogP contribution in [-0.4, -0.2) is 63.2 Å². The molecule has 0 spiro atoms. The minimum absolute atomic E-state index is 0.121. The number of piperazine rings is 1. The van der Waals surface area contributed by atoms with Crippen molar-refractivity contribution < 1.29 is 35.6 Å². The highest BCUT2D eigenvalue weighted by Gasteiger charge is 2.31. The largest absolute Gasteiger partial charge is 0.416 e. The number of amides is 1. The van der Waals surface area contributed by atoms with Crippen LogP contribution in [0.25, 0.3) is 0 Å². The number of rotatable bonds is 7. The Morgan fingerprint density at radius 2 is 1.78 bits per heavy atom. The van der Waals surface area contributed by atoms with Gasteiger partial charge in [-0.1, -0.05) is 23.4 Å². The van der Waals surface area contributed by atoms with Gasteiger partial charge in [-0.3, -0.25) is 4.79 Å². The Labute approximate surface area is 211 Å². The number of carbonyl (C=O) groups excluding carboxylic acids is 1. The number of sulfonamides is 1. The molecule has 8 nitrogen and oxygen atoms in total. The summed E-state index contributed by atoms with van der Waals surface area (Å²) in [4.78, 5) is 18.1. The fourth-order valence-electron chi connectivity index (χ4n) is 4.21. The monoisotopic (exact) mass is 542 g/mol. The number of benzene rings is 2. The van der Waals surface area contributed by atoms with Crippen molar-refractivity contribution in [1.29, 1.82) is 0 Å². The average molecular weight is 543 g/mol. The molecule has 2 heterocycles. The maximum atomic E-state index is 15.0. The van der Waals surface area contributed by atoms with Gasteiger partial charge in [0.05, 0.1) is 29.3 Å². The van der Waals surface area contributed by atoms with Gasteiger partial charge in [0.2, 0.25) is 15.9 Å². The first-order valence-corrected chi connectivity index (χ1v) is 13.2. The lowest BCUT2D eigenvalue weighted by Gasteiger charge is -2.35. The first-order valence-electron chi connectivity index (χ1n) is 11.6. The molecule has 0 aromatic heterocycles. The Morgan fingerprint density at radius 1 is 1.11 bits per heavy atom. The highest BCUT2D eigenvalue weighted by Crippen LogP contribution is 2.30. The Hall–Kier alpha value is -3.19. The molecule has 2 aliphatic rings. The number of carbonyl (C=O) groups is 1. The quantitative estimate of drug-likeness (QED) is 0.543. The zero-order valence-corrected chi connectivity index (χ0v) is 20.8. The van der Waals surface area contributed by atoms with Gasteiger partial charge in [-0.15, -0.1) is 0 Å². The first-order chi connectivity index (χ1) is 17.4. The third kappa shape index (κ3) is 6.58. The molecule has 1 N–H and O–H groups in total. The zero-order chi connectivity index (χ0) is 26.8. The maximum Gasteiger partial charge on any atom is 0.416 e. The second kappa shape index (κ2) is 10.7. The van der Waals surface area contributed by atoms with E-state index in [1.54, 1.807) is 17.0 Å². The molecule has 0 saturated carbocycles. The summed E-state index contributed by atoms with van der Waals surface area (Å²) < 4.78 is 80.1. The van der Waals surface area contributed by atoms with E-state index in [1.165, 1.54) is 17.3 Å². The standard InChI is InChI=1S/C24H26F4N4O4S/c1-16(33)29-14-20-13-22(30-36-20)18-4-7-23(21(25)12-18)31-8-10-32(11-9-31)37(34,35)15-17-2-5-19(6-3-17)24(26,27)28/h2-7,12,20H,8-11,13-15H2,1H3,(H,29,33). The number of anilines is 1. The summed E-state index contributed by atoms with van der Waals surface area (Å²) in [6.07, 6.45) is -4.39. The Balaban J connectivity index is 1.33. The van der Waals surface area contributed by atoms with Crippen molar-refractivity contribution in [2.45, 2.75) is 31.4 Å². The number of alkyl halides is 3. The third-order valence-electron chi connectivity index (χ3n) is 6.20. The van der Waals surface area contributed by atoms with E-state index >= 15 is 0 Å². The highest BCUT2D eigenvalue weighted by molar-refractivity contribution is 7.88. The van der Waals surface area contributed by atoms with Gasteiger partial charge in [0.25, 0.3) is 0 Å². The summed E-state index contributed by atoms with van der Waals surface area (Å²) in [5.41, 5.74) is 0.880. The summed E-state index contributed by atoms with van der Waals surface area (Å²) in [6, 6.07) is 8.73. The van der Waals surface area contributed by atoms with Crippen LogP contribution in [0.3, 0.4) is 0 Å². The summed E-state index contributed by atoms with van der Waals surface area (Å²) in [7, 11) is -3.76. The molecular weight excluding hydrogens is 516 g/mol. The summed E-state index contributed by atoms with van der Waals surface area (Å²) >= 11 is 0. The first kappa shape index (κ1) is 26.9. The predicted octanol–water partition coefficient (Wildman–Crippen LogP) is 3.13. The summed E-state index contributed by atoms with van der Waals surface area (Å²) in [5, 5.41) is 6.65. The van der Waals surface area contributed by atoms with E-state index in [4.69, 9.17) is 4.84 Å². The van der Waals surface area contributed by atoms with Crippen molar-refractivity contribution in [3.63, 3.8) is 0 Å². The lowest BCUT2D eigenvalue weighted by atomic mass is 10.0.